The Morgan fingerprint density at radius 1 is 1.18 bits per heavy atom. The van der Waals surface area contributed by atoms with Gasteiger partial charge in [0.15, 0.2) is 0 Å². The van der Waals surface area contributed by atoms with Crippen molar-refractivity contribution in [3.8, 4) is 5.75 Å². The van der Waals surface area contributed by atoms with Crippen LogP contribution in [0.2, 0.25) is 0 Å². The van der Waals surface area contributed by atoms with Gasteiger partial charge in [-0.2, -0.15) is 0 Å². The molecule has 2 aromatic carbocycles. The second-order valence-electron chi connectivity index (χ2n) is 7.52. The number of fused-ring (bicyclic) bond motifs is 1. The van der Waals surface area contributed by atoms with Crippen LogP contribution in [0.15, 0.2) is 48.5 Å². The summed E-state index contributed by atoms with van der Waals surface area (Å²) in [6.07, 6.45) is 1.23. The maximum atomic E-state index is 12.8. The van der Waals surface area contributed by atoms with Gasteiger partial charge in [0.1, 0.15) is 5.75 Å². The Kier molecular flexibility index (Phi) is 4.90. The lowest BCUT2D eigenvalue weighted by molar-refractivity contribution is 0.102. The average molecular weight is 375 g/mol. The number of anilines is 2. The molecule has 2 heterocycles. The molecule has 0 bridgehead atoms. The predicted molar refractivity (Wildman–Crippen MR) is 113 cm³/mol. The van der Waals surface area contributed by atoms with E-state index in [1.807, 2.05) is 43.3 Å². The molecule has 1 aromatic heterocycles. The number of hydrogen-bond donors (Lipinski definition) is 1. The number of aryl methyl sites for hydroxylation is 1. The second kappa shape index (κ2) is 7.50. The van der Waals surface area contributed by atoms with Crippen molar-refractivity contribution in [2.75, 3.05) is 30.4 Å². The zero-order valence-electron chi connectivity index (χ0n) is 16.5. The van der Waals surface area contributed by atoms with E-state index in [1.54, 1.807) is 7.11 Å². The fourth-order valence-corrected chi connectivity index (χ4v) is 3.72. The van der Waals surface area contributed by atoms with Crippen LogP contribution < -0.4 is 15.0 Å². The normalized spacial score (nSPS) is 16.4. The molecule has 1 amide bonds. The van der Waals surface area contributed by atoms with Crippen molar-refractivity contribution in [2.45, 2.75) is 20.3 Å². The third-order valence-corrected chi connectivity index (χ3v) is 5.37. The van der Waals surface area contributed by atoms with E-state index in [4.69, 9.17) is 4.74 Å². The topological polar surface area (TPSA) is 54.5 Å². The molecule has 1 unspecified atom stereocenters. The highest BCUT2D eigenvalue weighted by Gasteiger charge is 2.19. The molecule has 1 atom stereocenters. The van der Waals surface area contributed by atoms with Gasteiger partial charge in [-0.3, -0.25) is 9.78 Å². The van der Waals surface area contributed by atoms with Gasteiger partial charge in [0, 0.05) is 35.9 Å². The van der Waals surface area contributed by atoms with E-state index >= 15 is 0 Å². The van der Waals surface area contributed by atoms with E-state index in [1.165, 1.54) is 12.1 Å². The molecular weight excluding hydrogens is 350 g/mol. The highest BCUT2D eigenvalue weighted by molar-refractivity contribution is 6.06. The second-order valence-corrected chi connectivity index (χ2v) is 7.52. The van der Waals surface area contributed by atoms with Crippen molar-refractivity contribution >= 4 is 28.2 Å². The van der Waals surface area contributed by atoms with Crippen molar-refractivity contribution in [2.24, 2.45) is 5.92 Å². The quantitative estimate of drug-likeness (QED) is 0.721. The fourth-order valence-electron chi connectivity index (χ4n) is 3.72. The summed E-state index contributed by atoms with van der Waals surface area (Å²) < 4.78 is 5.25. The van der Waals surface area contributed by atoms with Crippen molar-refractivity contribution in [1.82, 2.24) is 4.98 Å². The van der Waals surface area contributed by atoms with E-state index in [-0.39, 0.29) is 5.91 Å². The number of rotatable bonds is 4. The van der Waals surface area contributed by atoms with Crippen LogP contribution in [0.4, 0.5) is 11.4 Å². The lowest BCUT2D eigenvalue weighted by Gasteiger charge is -2.18. The van der Waals surface area contributed by atoms with E-state index in [0.29, 0.717) is 11.3 Å². The molecule has 5 nitrogen and oxygen atoms in total. The maximum absolute atomic E-state index is 12.8. The number of methoxy groups -OCH3 is 1. The molecule has 0 aliphatic carbocycles. The Bertz CT molecular complexity index is 1010. The molecule has 0 saturated carbocycles. The van der Waals surface area contributed by atoms with Gasteiger partial charge in [-0.15, -0.1) is 0 Å². The van der Waals surface area contributed by atoms with Gasteiger partial charge in [0.25, 0.3) is 5.91 Å². The molecular formula is C23H25N3O2. The monoisotopic (exact) mass is 375 g/mol. The first-order chi connectivity index (χ1) is 13.5. The minimum Gasteiger partial charge on any atom is -0.497 e. The molecule has 0 spiro atoms. The summed E-state index contributed by atoms with van der Waals surface area (Å²) in [6.45, 7) is 6.33. The summed E-state index contributed by atoms with van der Waals surface area (Å²) in [5.41, 5.74) is 4.09. The van der Waals surface area contributed by atoms with E-state index in [2.05, 4.69) is 34.3 Å². The van der Waals surface area contributed by atoms with Gasteiger partial charge in [-0.25, -0.2) is 0 Å². The number of ether oxygens (including phenoxy) is 1. The van der Waals surface area contributed by atoms with Crippen LogP contribution in [0.25, 0.3) is 10.9 Å². The standard InChI is InChI=1S/C23H25N3O2/c1-15-10-11-26(14-15)19-7-5-18(6-8-19)25-23(27)21-12-17-4-9-20(28-3)13-22(17)24-16(21)2/h4-9,12-13,15H,10-11,14H2,1-3H3,(H,25,27). The van der Waals surface area contributed by atoms with Crippen LogP contribution >= 0.6 is 0 Å². The van der Waals surface area contributed by atoms with Crippen LogP contribution in [0, 0.1) is 12.8 Å². The van der Waals surface area contributed by atoms with Crippen LogP contribution in [0.3, 0.4) is 0 Å². The van der Waals surface area contributed by atoms with E-state index in [9.17, 15) is 4.79 Å². The molecule has 3 aromatic rings. The highest BCUT2D eigenvalue weighted by Crippen LogP contribution is 2.26. The van der Waals surface area contributed by atoms with Crippen LogP contribution in [0.1, 0.15) is 29.4 Å². The maximum Gasteiger partial charge on any atom is 0.257 e. The molecule has 1 N–H and O–H groups in total. The molecule has 1 fully saturated rings. The fraction of sp³-hybridized carbons (Fsp3) is 0.304. The van der Waals surface area contributed by atoms with Gasteiger partial charge in [-0.05, 0) is 61.7 Å². The van der Waals surface area contributed by atoms with Gasteiger partial charge >= 0.3 is 0 Å². The molecule has 5 heteroatoms. The van der Waals surface area contributed by atoms with Crippen LogP contribution in [-0.2, 0) is 0 Å². The lowest BCUT2D eigenvalue weighted by atomic mass is 10.1. The first-order valence-corrected chi connectivity index (χ1v) is 9.65. The summed E-state index contributed by atoms with van der Waals surface area (Å²) >= 11 is 0. The SMILES string of the molecule is COc1ccc2cc(C(=O)Nc3ccc(N4CCC(C)C4)cc3)c(C)nc2c1. The van der Waals surface area contributed by atoms with Crippen molar-refractivity contribution in [1.29, 1.82) is 0 Å². The number of hydrogen-bond acceptors (Lipinski definition) is 4. The number of pyridine rings is 1. The van der Waals surface area contributed by atoms with Gasteiger partial charge in [0.05, 0.1) is 23.9 Å². The van der Waals surface area contributed by atoms with Crippen molar-refractivity contribution in [3.05, 3.63) is 59.8 Å². The molecule has 1 saturated heterocycles. The molecule has 1 aliphatic rings. The third kappa shape index (κ3) is 3.65. The highest BCUT2D eigenvalue weighted by atomic mass is 16.5. The lowest BCUT2D eigenvalue weighted by Crippen LogP contribution is -2.19. The molecule has 144 valence electrons. The Hall–Kier alpha value is -3.08. The summed E-state index contributed by atoms with van der Waals surface area (Å²) in [5.74, 6) is 1.34. The largest absolute Gasteiger partial charge is 0.497 e. The minimum atomic E-state index is -0.148. The molecule has 28 heavy (non-hydrogen) atoms. The summed E-state index contributed by atoms with van der Waals surface area (Å²) in [5, 5.41) is 3.90. The smallest absolute Gasteiger partial charge is 0.257 e. The molecule has 4 rings (SSSR count). The van der Waals surface area contributed by atoms with E-state index < -0.39 is 0 Å². The van der Waals surface area contributed by atoms with Gasteiger partial charge in [-0.1, -0.05) is 6.92 Å². The van der Waals surface area contributed by atoms with Crippen molar-refractivity contribution in [3.63, 3.8) is 0 Å². The van der Waals surface area contributed by atoms with Gasteiger partial charge in [0.2, 0.25) is 0 Å². The van der Waals surface area contributed by atoms with Crippen LogP contribution in [0.5, 0.6) is 5.75 Å². The number of amides is 1. The number of nitrogens with one attached hydrogen (secondary N) is 1. The zero-order chi connectivity index (χ0) is 19.7. The average Bonchev–Trinajstić information content (AvgIpc) is 3.13. The Labute approximate surface area is 165 Å². The predicted octanol–water partition coefficient (Wildman–Crippen LogP) is 4.65. The van der Waals surface area contributed by atoms with Crippen molar-refractivity contribution < 1.29 is 9.53 Å². The first kappa shape index (κ1) is 18.3. The molecule has 0 radical (unpaired) electrons. The van der Waals surface area contributed by atoms with E-state index in [0.717, 1.165) is 41.3 Å². The molecule has 1 aliphatic heterocycles. The van der Waals surface area contributed by atoms with Gasteiger partial charge < -0.3 is 15.0 Å². The van der Waals surface area contributed by atoms with Crippen LogP contribution in [-0.4, -0.2) is 31.1 Å². The zero-order valence-corrected chi connectivity index (χ0v) is 16.5. The number of benzene rings is 2. The minimum absolute atomic E-state index is 0.148. The Morgan fingerprint density at radius 2 is 1.96 bits per heavy atom. The summed E-state index contributed by atoms with van der Waals surface area (Å²) in [7, 11) is 1.63. The number of carbonyl (C=O) groups excluding carboxylic acids is 1. The first-order valence-electron chi connectivity index (χ1n) is 9.65. The summed E-state index contributed by atoms with van der Waals surface area (Å²) in [6, 6.07) is 15.6. The number of aromatic nitrogens is 1. The Morgan fingerprint density at radius 3 is 2.64 bits per heavy atom. The summed E-state index contributed by atoms with van der Waals surface area (Å²) in [4.78, 5) is 19.8. The Balaban J connectivity index is 1.52. The number of nitrogens with zero attached hydrogens (tertiary/aromatic N) is 2. The third-order valence-electron chi connectivity index (χ3n) is 5.37. The number of carbonyl (C=O) groups is 1.